The van der Waals surface area contributed by atoms with Crippen LogP contribution in [0.2, 0.25) is 0 Å². The highest BCUT2D eigenvalue weighted by Gasteiger charge is 2.28. The molecule has 0 saturated carbocycles. The molecule has 0 atom stereocenters. The molecule has 1 aliphatic rings. The summed E-state index contributed by atoms with van der Waals surface area (Å²) in [6, 6.07) is 9.42. The standard InChI is InChI=1S/C22H28N2O5S2/c1-5-23(6-2)31(28,29)19-11-12-21-17(14-19)8-7-13-24(21)22(25)20-15-18(30(4,26)27)10-9-16(20)3/h9-12,14-15H,5-8,13H2,1-4H3. The van der Waals surface area contributed by atoms with Gasteiger partial charge in [-0.1, -0.05) is 19.9 Å². The fourth-order valence-electron chi connectivity index (χ4n) is 3.87. The Bertz CT molecular complexity index is 1220. The summed E-state index contributed by atoms with van der Waals surface area (Å²) in [5, 5.41) is 0. The van der Waals surface area contributed by atoms with Crippen molar-refractivity contribution >= 4 is 31.5 Å². The highest BCUT2D eigenvalue weighted by molar-refractivity contribution is 7.90. The van der Waals surface area contributed by atoms with E-state index < -0.39 is 19.9 Å². The second-order valence-electron chi connectivity index (χ2n) is 7.69. The summed E-state index contributed by atoms with van der Waals surface area (Å²) < 4.78 is 51.1. The van der Waals surface area contributed by atoms with Gasteiger partial charge in [0.25, 0.3) is 5.91 Å². The molecule has 2 aromatic carbocycles. The lowest BCUT2D eigenvalue weighted by atomic mass is 9.99. The van der Waals surface area contributed by atoms with Gasteiger partial charge in [-0.25, -0.2) is 16.8 Å². The maximum atomic E-state index is 13.3. The van der Waals surface area contributed by atoms with Gasteiger partial charge >= 0.3 is 0 Å². The van der Waals surface area contributed by atoms with Crippen LogP contribution in [0.1, 0.15) is 41.8 Å². The van der Waals surface area contributed by atoms with Crippen LogP contribution in [0, 0.1) is 6.92 Å². The van der Waals surface area contributed by atoms with Gasteiger partial charge < -0.3 is 4.90 Å². The van der Waals surface area contributed by atoms with Crippen molar-refractivity contribution in [1.82, 2.24) is 4.31 Å². The Hall–Kier alpha value is -2.23. The summed E-state index contributed by atoms with van der Waals surface area (Å²) in [4.78, 5) is 15.3. The third-order valence-corrected chi connectivity index (χ3v) is 8.78. The lowest BCUT2D eigenvalue weighted by Crippen LogP contribution is -2.36. The number of sulfone groups is 1. The van der Waals surface area contributed by atoms with E-state index in [-0.39, 0.29) is 15.7 Å². The van der Waals surface area contributed by atoms with Gasteiger partial charge in [0.05, 0.1) is 9.79 Å². The molecule has 9 heteroatoms. The zero-order valence-electron chi connectivity index (χ0n) is 18.3. The minimum absolute atomic E-state index is 0.0966. The number of carbonyl (C=O) groups excluding carboxylic acids is 1. The number of hydrogen-bond donors (Lipinski definition) is 0. The predicted octanol–water partition coefficient (Wildman–Crippen LogP) is 3.02. The average Bonchev–Trinajstić information content (AvgIpc) is 2.72. The van der Waals surface area contributed by atoms with E-state index >= 15 is 0 Å². The van der Waals surface area contributed by atoms with Gasteiger partial charge in [0, 0.05) is 37.1 Å². The van der Waals surface area contributed by atoms with Gasteiger partial charge in [-0.2, -0.15) is 4.31 Å². The molecule has 1 heterocycles. The summed E-state index contributed by atoms with van der Waals surface area (Å²) >= 11 is 0. The van der Waals surface area contributed by atoms with Crippen LogP contribution >= 0.6 is 0 Å². The van der Waals surface area contributed by atoms with Gasteiger partial charge in [0.1, 0.15) is 0 Å². The van der Waals surface area contributed by atoms with Crippen molar-refractivity contribution in [2.24, 2.45) is 0 Å². The Labute approximate surface area is 184 Å². The maximum absolute atomic E-state index is 13.3. The van der Waals surface area contributed by atoms with Gasteiger partial charge in [0.2, 0.25) is 10.0 Å². The summed E-state index contributed by atoms with van der Waals surface area (Å²) in [5.74, 6) is -0.289. The SMILES string of the molecule is CCN(CC)S(=O)(=O)c1ccc2c(c1)CCCN2C(=O)c1cc(S(C)(=O)=O)ccc1C. The second kappa shape index (κ2) is 8.72. The minimum atomic E-state index is -3.59. The molecule has 0 saturated heterocycles. The van der Waals surface area contributed by atoms with E-state index in [1.165, 1.54) is 22.5 Å². The monoisotopic (exact) mass is 464 g/mol. The fraction of sp³-hybridized carbons (Fsp3) is 0.409. The Morgan fingerprint density at radius 1 is 1.00 bits per heavy atom. The summed E-state index contributed by atoms with van der Waals surface area (Å²) in [7, 11) is -7.03. The van der Waals surface area contributed by atoms with E-state index in [0.717, 1.165) is 11.8 Å². The molecule has 0 fully saturated rings. The van der Waals surface area contributed by atoms with Crippen LogP contribution in [0.4, 0.5) is 5.69 Å². The molecular weight excluding hydrogens is 436 g/mol. The van der Waals surface area contributed by atoms with Crippen LogP contribution in [0.5, 0.6) is 0 Å². The van der Waals surface area contributed by atoms with Crippen molar-refractivity contribution in [3.63, 3.8) is 0 Å². The molecule has 2 aromatic rings. The lowest BCUT2D eigenvalue weighted by molar-refractivity contribution is 0.0984. The number of fused-ring (bicyclic) bond motifs is 1. The molecule has 0 aromatic heterocycles. The van der Waals surface area contributed by atoms with Crippen LogP contribution in [-0.4, -0.2) is 52.9 Å². The van der Waals surface area contributed by atoms with E-state index in [2.05, 4.69) is 0 Å². The number of aryl methyl sites for hydroxylation is 2. The Kier molecular flexibility index (Phi) is 6.59. The molecule has 31 heavy (non-hydrogen) atoms. The topological polar surface area (TPSA) is 91.8 Å². The van der Waals surface area contributed by atoms with Crippen LogP contribution in [0.3, 0.4) is 0 Å². The van der Waals surface area contributed by atoms with E-state index in [1.54, 1.807) is 43.9 Å². The lowest BCUT2D eigenvalue weighted by Gasteiger charge is -2.31. The quantitative estimate of drug-likeness (QED) is 0.655. The average molecular weight is 465 g/mol. The van der Waals surface area contributed by atoms with Crippen molar-refractivity contribution in [3.05, 3.63) is 53.1 Å². The largest absolute Gasteiger partial charge is 0.308 e. The van der Waals surface area contributed by atoms with E-state index in [9.17, 15) is 21.6 Å². The molecule has 0 aliphatic carbocycles. The number of nitrogens with zero attached hydrogens (tertiary/aromatic N) is 2. The van der Waals surface area contributed by atoms with E-state index in [4.69, 9.17) is 0 Å². The van der Waals surface area contributed by atoms with Gasteiger partial charge in [-0.05, 0) is 61.2 Å². The predicted molar refractivity (Wildman–Crippen MR) is 121 cm³/mol. The number of amides is 1. The Balaban J connectivity index is 2.02. The van der Waals surface area contributed by atoms with Crippen LogP contribution in [0.25, 0.3) is 0 Å². The highest BCUT2D eigenvalue weighted by atomic mass is 32.2. The first kappa shape index (κ1) is 23.4. The Morgan fingerprint density at radius 3 is 2.26 bits per heavy atom. The zero-order valence-corrected chi connectivity index (χ0v) is 19.9. The molecular formula is C22H28N2O5S2. The molecule has 7 nitrogen and oxygen atoms in total. The Morgan fingerprint density at radius 2 is 1.65 bits per heavy atom. The molecule has 0 N–H and O–H groups in total. The van der Waals surface area contributed by atoms with Crippen molar-refractivity contribution in [2.75, 3.05) is 30.8 Å². The molecule has 168 valence electrons. The third kappa shape index (κ3) is 4.53. The molecule has 0 bridgehead atoms. The van der Waals surface area contributed by atoms with Crippen molar-refractivity contribution in [1.29, 1.82) is 0 Å². The third-order valence-electron chi connectivity index (χ3n) is 5.63. The summed E-state index contributed by atoms with van der Waals surface area (Å²) in [5.41, 5.74) is 2.48. The fourth-order valence-corrected chi connectivity index (χ4v) is 6.02. The number of benzene rings is 2. The number of hydrogen-bond acceptors (Lipinski definition) is 5. The first-order valence-electron chi connectivity index (χ1n) is 10.3. The second-order valence-corrected chi connectivity index (χ2v) is 11.6. The van der Waals surface area contributed by atoms with Gasteiger partial charge in [0.15, 0.2) is 9.84 Å². The first-order valence-corrected chi connectivity index (χ1v) is 13.6. The molecule has 3 rings (SSSR count). The van der Waals surface area contributed by atoms with Gasteiger partial charge in [-0.3, -0.25) is 4.79 Å². The maximum Gasteiger partial charge on any atom is 0.258 e. The number of rotatable bonds is 6. The highest BCUT2D eigenvalue weighted by Crippen LogP contribution is 2.32. The molecule has 1 aliphatic heterocycles. The van der Waals surface area contributed by atoms with Crippen LogP contribution in [0.15, 0.2) is 46.2 Å². The van der Waals surface area contributed by atoms with Crippen molar-refractivity contribution < 1.29 is 21.6 Å². The van der Waals surface area contributed by atoms with Crippen molar-refractivity contribution in [2.45, 2.75) is 43.4 Å². The zero-order chi connectivity index (χ0) is 23.0. The molecule has 0 unspecified atom stereocenters. The van der Waals surface area contributed by atoms with Crippen LogP contribution < -0.4 is 4.90 Å². The first-order chi connectivity index (χ1) is 14.5. The molecule has 0 radical (unpaired) electrons. The molecule has 1 amide bonds. The minimum Gasteiger partial charge on any atom is -0.308 e. The number of sulfonamides is 1. The van der Waals surface area contributed by atoms with Crippen LogP contribution in [-0.2, 0) is 26.3 Å². The summed E-state index contributed by atoms with van der Waals surface area (Å²) in [6.07, 6.45) is 2.47. The van der Waals surface area contributed by atoms with Crippen molar-refractivity contribution in [3.8, 4) is 0 Å². The molecule has 0 spiro atoms. The smallest absolute Gasteiger partial charge is 0.258 e. The normalized spacial score (nSPS) is 14.5. The van der Waals surface area contributed by atoms with Gasteiger partial charge in [-0.15, -0.1) is 0 Å². The number of carbonyl (C=O) groups is 1. The van der Waals surface area contributed by atoms with E-state index in [1.807, 2.05) is 0 Å². The number of anilines is 1. The van der Waals surface area contributed by atoms with E-state index in [0.29, 0.717) is 49.3 Å². The summed E-state index contributed by atoms with van der Waals surface area (Å²) in [6.45, 7) is 6.62.